The van der Waals surface area contributed by atoms with E-state index < -0.39 is 5.97 Å². The SMILES string of the molecule is COc1ccccc1C(CNC(C)=O)CC(=O)O. The first-order valence-corrected chi connectivity index (χ1v) is 5.63. The van der Waals surface area contributed by atoms with Gasteiger partial charge < -0.3 is 15.2 Å². The summed E-state index contributed by atoms with van der Waals surface area (Å²) in [6.07, 6.45) is -0.0549. The first-order valence-electron chi connectivity index (χ1n) is 5.63. The second-order valence-electron chi connectivity index (χ2n) is 3.97. The van der Waals surface area contributed by atoms with Crippen LogP contribution in [0.5, 0.6) is 5.75 Å². The lowest BCUT2D eigenvalue weighted by atomic mass is 9.94. The number of carbonyl (C=O) groups excluding carboxylic acids is 1. The number of benzene rings is 1. The van der Waals surface area contributed by atoms with E-state index in [1.165, 1.54) is 14.0 Å². The van der Waals surface area contributed by atoms with Crippen LogP contribution in [0.4, 0.5) is 0 Å². The van der Waals surface area contributed by atoms with E-state index in [1.54, 1.807) is 6.07 Å². The van der Waals surface area contributed by atoms with Gasteiger partial charge in [-0.3, -0.25) is 9.59 Å². The van der Waals surface area contributed by atoms with Gasteiger partial charge >= 0.3 is 5.97 Å². The highest BCUT2D eigenvalue weighted by Crippen LogP contribution is 2.28. The van der Waals surface area contributed by atoms with Gasteiger partial charge in [0.2, 0.25) is 5.91 Å². The Morgan fingerprint density at radius 1 is 1.39 bits per heavy atom. The number of rotatable bonds is 6. The summed E-state index contributed by atoms with van der Waals surface area (Å²) in [5.74, 6) is -0.756. The zero-order valence-corrected chi connectivity index (χ0v) is 10.5. The first kappa shape index (κ1) is 14.0. The number of hydrogen-bond acceptors (Lipinski definition) is 3. The van der Waals surface area contributed by atoms with Crippen LogP contribution in [-0.2, 0) is 9.59 Å². The Labute approximate surface area is 106 Å². The van der Waals surface area contributed by atoms with Gasteiger partial charge in [0.05, 0.1) is 13.5 Å². The van der Waals surface area contributed by atoms with Gasteiger partial charge in [-0.05, 0) is 11.6 Å². The molecule has 98 valence electrons. The molecule has 0 saturated carbocycles. The molecule has 0 fully saturated rings. The van der Waals surface area contributed by atoms with E-state index in [0.29, 0.717) is 5.75 Å². The summed E-state index contributed by atoms with van der Waals surface area (Å²) in [5.41, 5.74) is 0.788. The number of nitrogens with one attached hydrogen (secondary N) is 1. The van der Waals surface area contributed by atoms with Crippen LogP contribution >= 0.6 is 0 Å². The predicted octanol–water partition coefficient (Wildman–Crippen LogP) is 1.39. The molecule has 1 amide bonds. The molecule has 0 radical (unpaired) electrons. The third kappa shape index (κ3) is 4.08. The highest BCUT2D eigenvalue weighted by molar-refractivity contribution is 5.73. The van der Waals surface area contributed by atoms with Crippen molar-refractivity contribution in [3.05, 3.63) is 29.8 Å². The van der Waals surface area contributed by atoms with Gasteiger partial charge in [0.1, 0.15) is 5.75 Å². The minimum absolute atomic E-state index is 0.0549. The van der Waals surface area contributed by atoms with E-state index in [4.69, 9.17) is 9.84 Å². The molecule has 1 unspecified atom stereocenters. The van der Waals surface area contributed by atoms with Gasteiger partial charge in [0, 0.05) is 19.4 Å². The Hall–Kier alpha value is -2.04. The topological polar surface area (TPSA) is 75.6 Å². The van der Waals surface area contributed by atoms with Crippen LogP contribution in [0.3, 0.4) is 0 Å². The van der Waals surface area contributed by atoms with E-state index in [-0.39, 0.29) is 24.8 Å². The van der Waals surface area contributed by atoms with Gasteiger partial charge in [-0.1, -0.05) is 18.2 Å². The molecule has 5 heteroatoms. The van der Waals surface area contributed by atoms with Crippen LogP contribution in [0.15, 0.2) is 24.3 Å². The maximum atomic E-state index is 10.9. The summed E-state index contributed by atoms with van der Waals surface area (Å²) < 4.78 is 5.21. The Morgan fingerprint density at radius 3 is 2.61 bits per heavy atom. The monoisotopic (exact) mass is 251 g/mol. The molecule has 0 heterocycles. The predicted molar refractivity (Wildman–Crippen MR) is 66.7 cm³/mol. The first-order chi connectivity index (χ1) is 8.54. The van der Waals surface area contributed by atoms with Crippen LogP contribution in [-0.4, -0.2) is 30.6 Å². The lowest BCUT2D eigenvalue weighted by molar-refractivity contribution is -0.137. The van der Waals surface area contributed by atoms with Crippen molar-refractivity contribution in [3.63, 3.8) is 0 Å². The second-order valence-corrected chi connectivity index (χ2v) is 3.97. The van der Waals surface area contributed by atoms with Gasteiger partial charge in [-0.2, -0.15) is 0 Å². The van der Waals surface area contributed by atoms with Crippen molar-refractivity contribution in [3.8, 4) is 5.75 Å². The molecule has 0 aromatic heterocycles. The van der Waals surface area contributed by atoms with Crippen molar-refractivity contribution in [2.45, 2.75) is 19.3 Å². The zero-order chi connectivity index (χ0) is 13.5. The van der Waals surface area contributed by atoms with E-state index in [2.05, 4.69) is 5.32 Å². The summed E-state index contributed by atoms with van der Waals surface area (Å²) in [7, 11) is 1.54. The number of ether oxygens (including phenoxy) is 1. The normalized spacial score (nSPS) is 11.7. The largest absolute Gasteiger partial charge is 0.496 e. The highest BCUT2D eigenvalue weighted by Gasteiger charge is 2.19. The number of hydrogen-bond donors (Lipinski definition) is 2. The molecule has 0 aliphatic heterocycles. The van der Waals surface area contributed by atoms with Gasteiger partial charge in [-0.15, -0.1) is 0 Å². The number of carboxylic acids is 1. The van der Waals surface area contributed by atoms with Crippen LogP contribution in [0.25, 0.3) is 0 Å². The third-order valence-electron chi connectivity index (χ3n) is 2.60. The lowest BCUT2D eigenvalue weighted by Gasteiger charge is -2.18. The Morgan fingerprint density at radius 2 is 2.06 bits per heavy atom. The van der Waals surface area contributed by atoms with Crippen molar-refractivity contribution >= 4 is 11.9 Å². The molecule has 0 aliphatic carbocycles. The van der Waals surface area contributed by atoms with E-state index in [9.17, 15) is 9.59 Å². The van der Waals surface area contributed by atoms with E-state index in [1.807, 2.05) is 18.2 Å². The number of para-hydroxylation sites is 1. The Kier molecular flexibility index (Phi) is 5.17. The maximum absolute atomic E-state index is 10.9. The van der Waals surface area contributed by atoms with Crippen molar-refractivity contribution in [2.75, 3.05) is 13.7 Å². The number of aliphatic carboxylic acids is 1. The minimum Gasteiger partial charge on any atom is -0.496 e. The summed E-state index contributed by atoms with van der Waals surface area (Å²) in [5, 5.41) is 11.6. The number of carboxylic acid groups (broad SMARTS) is 1. The fourth-order valence-electron chi connectivity index (χ4n) is 1.77. The Balaban J connectivity index is 2.92. The summed E-state index contributed by atoms with van der Waals surface area (Å²) in [4.78, 5) is 21.8. The highest BCUT2D eigenvalue weighted by atomic mass is 16.5. The van der Waals surface area contributed by atoms with Crippen LogP contribution in [0.1, 0.15) is 24.8 Å². The van der Waals surface area contributed by atoms with Crippen molar-refractivity contribution in [2.24, 2.45) is 0 Å². The molecule has 1 rings (SSSR count). The molecule has 1 aromatic carbocycles. The van der Waals surface area contributed by atoms with Crippen molar-refractivity contribution < 1.29 is 19.4 Å². The Bertz CT molecular complexity index is 431. The van der Waals surface area contributed by atoms with Crippen molar-refractivity contribution in [1.82, 2.24) is 5.32 Å². The van der Waals surface area contributed by atoms with E-state index >= 15 is 0 Å². The second kappa shape index (κ2) is 6.64. The average molecular weight is 251 g/mol. The maximum Gasteiger partial charge on any atom is 0.304 e. The van der Waals surface area contributed by atoms with Crippen LogP contribution < -0.4 is 10.1 Å². The van der Waals surface area contributed by atoms with Gasteiger partial charge in [-0.25, -0.2) is 0 Å². The molecule has 0 bridgehead atoms. The molecule has 0 saturated heterocycles. The fourth-order valence-corrected chi connectivity index (χ4v) is 1.77. The fraction of sp³-hybridized carbons (Fsp3) is 0.385. The molecular weight excluding hydrogens is 234 g/mol. The number of amides is 1. The summed E-state index contributed by atoms with van der Waals surface area (Å²) in [6.45, 7) is 1.68. The molecular formula is C13H17NO4. The zero-order valence-electron chi connectivity index (χ0n) is 10.5. The standard InChI is InChI=1S/C13H17NO4/c1-9(15)14-8-10(7-13(16)17)11-5-3-4-6-12(11)18-2/h3-6,10H,7-8H2,1-2H3,(H,14,15)(H,16,17). The summed E-state index contributed by atoms with van der Waals surface area (Å²) in [6, 6.07) is 7.23. The van der Waals surface area contributed by atoms with Gasteiger partial charge in [0.15, 0.2) is 0 Å². The minimum atomic E-state index is -0.906. The van der Waals surface area contributed by atoms with Crippen molar-refractivity contribution in [1.29, 1.82) is 0 Å². The van der Waals surface area contributed by atoms with Gasteiger partial charge in [0.25, 0.3) is 0 Å². The quantitative estimate of drug-likeness (QED) is 0.801. The van der Waals surface area contributed by atoms with Crippen LogP contribution in [0.2, 0.25) is 0 Å². The summed E-state index contributed by atoms with van der Waals surface area (Å²) >= 11 is 0. The molecule has 5 nitrogen and oxygen atoms in total. The molecule has 18 heavy (non-hydrogen) atoms. The number of carbonyl (C=O) groups is 2. The smallest absolute Gasteiger partial charge is 0.304 e. The molecule has 1 aromatic rings. The average Bonchev–Trinajstić information content (AvgIpc) is 2.33. The van der Waals surface area contributed by atoms with Crippen LogP contribution in [0, 0.1) is 0 Å². The molecule has 1 atom stereocenters. The number of methoxy groups -OCH3 is 1. The lowest BCUT2D eigenvalue weighted by Crippen LogP contribution is -2.27. The molecule has 2 N–H and O–H groups in total. The third-order valence-corrected chi connectivity index (χ3v) is 2.60. The molecule has 0 spiro atoms. The molecule has 0 aliphatic rings. The van der Waals surface area contributed by atoms with E-state index in [0.717, 1.165) is 5.56 Å².